The molecule has 0 heterocycles. The van der Waals surface area contributed by atoms with Gasteiger partial charge in [0, 0.05) is 25.4 Å². The average Bonchev–Trinajstić information content (AvgIpc) is 2.32. The number of hydrogen-bond acceptors (Lipinski definition) is 3. The molecule has 0 saturated carbocycles. The first-order chi connectivity index (χ1) is 8.24. The van der Waals surface area contributed by atoms with Gasteiger partial charge in [-0.2, -0.15) is 11.8 Å². The first-order valence-electron chi connectivity index (χ1n) is 6.19. The fourth-order valence-electron chi connectivity index (χ4n) is 1.56. The van der Waals surface area contributed by atoms with Crippen molar-refractivity contribution in [3.05, 3.63) is 34.9 Å². The normalized spacial score (nSPS) is 10.8. The van der Waals surface area contributed by atoms with E-state index in [0.29, 0.717) is 6.61 Å². The Labute approximate surface area is 109 Å². The number of hydrogen-bond donors (Lipinski definition) is 2. The zero-order valence-corrected chi connectivity index (χ0v) is 11.6. The second kappa shape index (κ2) is 8.56. The summed E-state index contributed by atoms with van der Waals surface area (Å²) in [6, 6.07) is 6.62. The summed E-state index contributed by atoms with van der Waals surface area (Å²) in [4.78, 5) is 0. The summed E-state index contributed by atoms with van der Waals surface area (Å²) in [5, 5.41) is 12.1. The summed E-state index contributed by atoms with van der Waals surface area (Å²) < 4.78 is 0. The van der Waals surface area contributed by atoms with Gasteiger partial charge in [-0.15, -0.1) is 0 Å². The Hall–Kier alpha value is -0.510. The van der Waals surface area contributed by atoms with Gasteiger partial charge in [-0.1, -0.05) is 18.2 Å². The van der Waals surface area contributed by atoms with Crippen LogP contribution in [0.1, 0.15) is 23.1 Å². The Morgan fingerprint density at radius 3 is 2.71 bits per heavy atom. The van der Waals surface area contributed by atoms with Crippen LogP contribution in [0, 0.1) is 13.8 Å². The maximum Gasteiger partial charge on any atom is 0.0438 e. The Bertz CT molecular complexity index is 328. The first-order valence-corrected chi connectivity index (χ1v) is 7.35. The van der Waals surface area contributed by atoms with Gasteiger partial charge in [-0.05, 0) is 42.7 Å². The topological polar surface area (TPSA) is 32.3 Å². The van der Waals surface area contributed by atoms with Crippen LogP contribution in [0.2, 0.25) is 0 Å². The molecule has 0 fully saturated rings. The highest BCUT2D eigenvalue weighted by molar-refractivity contribution is 7.99. The first kappa shape index (κ1) is 14.6. The lowest BCUT2D eigenvalue weighted by Crippen LogP contribution is -2.16. The Balaban J connectivity index is 2.11. The van der Waals surface area contributed by atoms with Crippen molar-refractivity contribution >= 4 is 11.8 Å². The third-order valence-corrected chi connectivity index (χ3v) is 3.84. The molecule has 0 radical (unpaired) electrons. The lowest BCUT2D eigenvalue weighted by Gasteiger charge is -2.07. The van der Waals surface area contributed by atoms with Gasteiger partial charge in [-0.25, -0.2) is 0 Å². The number of nitrogens with one attached hydrogen (secondary N) is 1. The molecule has 0 bridgehead atoms. The molecule has 2 N–H and O–H groups in total. The Kier molecular flexibility index (Phi) is 7.33. The molecule has 0 aliphatic rings. The Morgan fingerprint density at radius 2 is 2.00 bits per heavy atom. The van der Waals surface area contributed by atoms with Gasteiger partial charge in [0.15, 0.2) is 0 Å². The van der Waals surface area contributed by atoms with E-state index in [4.69, 9.17) is 5.11 Å². The average molecular weight is 253 g/mol. The van der Waals surface area contributed by atoms with E-state index in [1.165, 1.54) is 16.7 Å². The summed E-state index contributed by atoms with van der Waals surface area (Å²) in [7, 11) is 0. The largest absolute Gasteiger partial charge is 0.396 e. The number of aliphatic hydroxyl groups excluding tert-OH is 1. The number of benzene rings is 1. The number of aliphatic hydroxyl groups is 1. The zero-order valence-electron chi connectivity index (χ0n) is 10.8. The van der Waals surface area contributed by atoms with Crippen molar-refractivity contribution in [3.63, 3.8) is 0 Å². The lowest BCUT2D eigenvalue weighted by atomic mass is 10.1. The maximum absolute atomic E-state index is 8.64. The van der Waals surface area contributed by atoms with E-state index in [-0.39, 0.29) is 0 Å². The van der Waals surface area contributed by atoms with Gasteiger partial charge >= 0.3 is 0 Å². The van der Waals surface area contributed by atoms with Crippen molar-refractivity contribution in [2.24, 2.45) is 0 Å². The van der Waals surface area contributed by atoms with Crippen LogP contribution in [0.4, 0.5) is 0 Å². The van der Waals surface area contributed by atoms with Crippen LogP contribution in [0.3, 0.4) is 0 Å². The highest BCUT2D eigenvalue weighted by Crippen LogP contribution is 2.09. The predicted octanol–water partition coefficient (Wildman–Crippen LogP) is 2.51. The van der Waals surface area contributed by atoms with Crippen LogP contribution in [0.5, 0.6) is 0 Å². The van der Waals surface area contributed by atoms with Crippen LogP contribution >= 0.6 is 11.8 Å². The van der Waals surface area contributed by atoms with E-state index in [1.807, 2.05) is 11.8 Å². The minimum absolute atomic E-state index is 0.309. The van der Waals surface area contributed by atoms with Crippen molar-refractivity contribution in [2.75, 3.05) is 24.7 Å². The summed E-state index contributed by atoms with van der Waals surface area (Å²) in [6.07, 6.45) is 0.905. The van der Waals surface area contributed by atoms with Crippen LogP contribution in [-0.4, -0.2) is 29.8 Å². The molecular formula is C14H23NOS. The second-order valence-electron chi connectivity index (χ2n) is 4.28. The smallest absolute Gasteiger partial charge is 0.0438 e. The molecule has 1 aromatic carbocycles. The predicted molar refractivity (Wildman–Crippen MR) is 76.7 cm³/mol. The fraction of sp³-hybridized carbons (Fsp3) is 0.571. The van der Waals surface area contributed by atoms with Crippen LogP contribution in [0.15, 0.2) is 18.2 Å². The highest BCUT2D eigenvalue weighted by Gasteiger charge is 1.96. The second-order valence-corrected chi connectivity index (χ2v) is 5.51. The van der Waals surface area contributed by atoms with Crippen molar-refractivity contribution < 1.29 is 5.11 Å². The third-order valence-electron chi connectivity index (χ3n) is 2.77. The fourth-order valence-corrected chi connectivity index (χ4v) is 2.39. The minimum Gasteiger partial charge on any atom is -0.396 e. The highest BCUT2D eigenvalue weighted by atomic mass is 32.2. The lowest BCUT2D eigenvalue weighted by molar-refractivity contribution is 0.296. The molecule has 0 amide bonds. The van der Waals surface area contributed by atoms with E-state index in [1.54, 1.807) is 0 Å². The molecule has 1 rings (SSSR count). The van der Waals surface area contributed by atoms with Gasteiger partial charge in [0.2, 0.25) is 0 Å². The van der Waals surface area contributed by atoms with Gasteiger partial charge in [-0.3, -0.25) is 0 Å². The third kappa shape index (κ3) is 6.10. The molecule has 0 unspecified atom stereocenters. The van der Waals surface area contributed by atoms with Crippen molar-refractivity contribution in [2.45, 2.75) is 26.8 Å². The molecule has 0 saturated heterocycles. The van der Waals surface area contributed by atoms with Gasteiger partial charge in [0.05, 0.1) is 0 Å². The van der Waals surface area contributed by atoms with E-state index in [0.717, 1.165) is 31.0 Å². The Morgan fingerprint density at radius 1 is 1.18 bits per heavy atom. The van der Waals surface area contributed by atoms with E-state index in [2.05, 4.69) is 37.4 Å². The number of rotatable bonds is 8. The number of thioether (sulfide) groups is 1. The SMILES string of the molecule is Cc1ccc(CNCCSCCCO)cc1C. The van der Waals surface area contributed by atoms with Crippen molar-refractivity contribution in [1.29, 1.82) is 0 Å². The molecule has 2 nitrogen and oxygen atoms in total. The molecule has 0 spiro atoms. The zero-order chi connectivity index (χ0) is 12.5. The quantitative estimate of drug-likeness (QED) is 0.698. The van der Waals surface area contributed by atoms with Gasteiger partial charge in [0.1, 0.15) is 0 Å². The molecule has 1 aromatic rings. The van der Waals surface area contributed by atoms with Gasteiger partial charge in [0.25, 0.3) is 0 Å². The molecule has 17 heavy (non-hydrogen) atoms. The summed E-state index contributed by atoms with van der Waals surface area (Å²) in [5.74, 6) is 2.17. The van der Waals surface area contributed by atoms with E-state index in [9.17, 15) is 0 Å². The van der Waals surface area contributed by atoms with E-state index < -0.39 is 0 Å². The standard InChI is InChI=1S/C14H23NOS/c1-12-4-5-14(10-13(12)2)11-15-6-9-17-8-3-7-16/h4-5,10,15-16H,3,6-9,11H2,1-2H3. The molecular weight excluding hydrogens is 230 g/mol. The molecule has 3 heteroatoms. The van der Waals surface area contributed by atoms with Crippen molar-refractivity contribution in [1.82, 2.24) is 5.32 Å². The minimum atomic E-state index is 0.309. The van der Waals surface area contributed by atoms with Crippen LogP contribution < -0.4 is 5.32 Å². The molecule has 96 valence electrons. The maximum atomic E-state index is 8.64. The summed E-state index contributed by atoms with van der Waals surface area (Å²) in [5.41, 5.74) is 4.07. The van der Waals surface area contributed by atoms with E-state index >= 15 is 0 Å². The summed E-state index contributed by atoms with van der Waals surface area (Å²) in [6.45, 7) is 6.59. The molecule has 0 atom stereocenters. The summed E-state index contributed by atoms with van der Waals surface area (Å²) >= 11 is 1.90. The van der Waals surface area contributed by atoms with Crippen molar-refractivity contribution in [3.8, 4) is 0 Å². The van der Waals surface area contributed by atoms with Gasteiger partial charge < -0.3 is 10.4 Å². The molecule has 0 aromatic heterocycles. The molecule has 0 aliphatic carbocycles. The molecule has 0 aliphatic heterocycles. The van der Waals surface area contributed by atoms with Crippen LogP contribution in [0.25, 0.3) is 0 Å². The monoisotopic (exact) mass is 253 g/mol. The number of aryl methyl sites for hydroxylation is 2. The van der Waals surface area contributed by atoms with Crippen LogP contribution in [-0.2, 0) is 6.54 Å².